The van der Waals surface area contributed by atoms with Gasteiger partial charge in [0.2, 0.25) is 5.91 Å². The monoisotopic (exact) mass is 951 g/mol. The molecular formula is C49H65N9O7SSi. The normalized spacial score (nSPS) is 20.9. The minimum Gasteiger partial charge on any atom is -0.464 e. The van der Waals surface area contributed by atoms with Gasteiger partial charge in [0.15, 0.2) is 0 Å². The van der Waals surface area contributed by atoms with Gasteiger partial charge in [-0.25, -0.2) is 15.2 Å². The Balaban J connectivity index is 1.26. The molecule has 0 radical (unpaired) electrons. The van der Waals surface area contributed by atoms with Crippen molar-refractivity contribution in [2.45, 2.75) is 110 Å². The second kappa shape index (κ2) is 19.9. The van der Waals surface area contributed by atoms with Gasteiger partial charge in [-0.2, -0.15) is 0 Å². The maximum absolute atomic E-state index is 14.8. The molecule has 6 bridgehead atoms. The summed E-state index contributed by atoms with van der Waals surface area (Å²) in [6.07, 6.45) is 3.21. The Labute approximate surface area is 400 Å². The fraction of sp³-hybridized carbons (Fsp3) is 0.531. The molecule has 3 aliphatic rings. The summed E-state index contributed by atoms with van der Waals surface area (Å²) >= 11 is 1.41. The van der Waals surface area contributed by atoms with Gasteiger partial charge in [0.1, 0.15) is 17.2 Å². The molecule has 16 nitrogen and oxygen atoms in total. The highest BCUT2D eigenvalue weighted by atomic mass is 32.1. The molecule has 1 aromatic carbocycles. The van der Waals surface area contributed by atoms with Crippen molar-refractivity contribution in [2.24, 2.45) is 11.3 Å². The highest BCUT2D eigenvalue weighted by Crippen LogP contribution is 2.42. The lowest BCUT2D eigenvalue weighted by Gasteiger charge is -2.45. The number of benzene rings is 1. The van der Waals surface area contributed by atoms with E-state index >= 15 is 0 Å². The van der Waals surface area contributed by atoms with Crippen LogP contribution in [0.1, 0.15) is 83.7 Å². The number of hydrogen-bond donors (Lipinski definition) is 2. The Morgan fingerprint density at radius 3 is 2.58 bits per heavy atom. The average molecular weight is 952 g/mol. The number of rotatable bonds is 9. The summed E-state index contributed by atoms with van der Waals surface area (Å²) in [6.45, 7) is 15.5. The highest BCUT2D eigenvalue weighted by Gasteiger charge is 2.44. The first kappa shape index (κ1) is 49.3. The van der Waals surface area contributed by atoms with E-state index in [4.69, 9.17) is 19.4 Å². The molecule has 4 aromatic rings. The van der Waals surface area contributed by atoms with Crippen LogP contribution in [0.2, 0.25) is 0 Å². The summed E-state index contributed by atoms with van der Waals surface area (Å²) < 4.78 is 14.4. The smallest absolute Gasteiger partial charge is 0.323 e. The van der Waals surface area contributed by atoms with Gasteiger partial charge in [0.05, 0.1) is 40.8 Å². The van der Waals surface area contributed by atoms with E-state index in [1.54, 1.807) is 44.1 Å². The molecule has 0 aliphatic carbocycles. The molecule has 18 heteroatoms. The van der Waals surface area contributed by atoms with Gasteiger partial charge in [-0.05, 0) is 81.7 Å². The van der Waals surface area contributed by atoms with Crippen molar-refractivity contribution in [3.8, 4) is 34.4 Å². The van der Waals surface area contributed by atoms with E-state index in [2.05, 4.69) is 72.2 Å². The fourth-order valence-corrected chi connectivity index (χ4v) is 11.2. The number of hydrogen-bond acceptors (Lipinski definition) is 11. The number of likely N-dealkylation sites (tertiary alicyclic amines) is 1. The summed E-state index contributed by atoms with van der Waals surface area (Å²) in [5.74, 6) is 3.19. The number of fused-ring (bicyclic) bond motifs is 6. The number of aromatic nitrogens is 3. The molecule has 67 heavy (non-hydrogen) atoms. The number of nitrogens with zero attached hydrogens (tertiary/aromatic N) is 7. The van der Waals surface area contributed by atoms with Crippen molar-refractivity contribution in [3.63, 3.8) is 0 Å². The number of esters is 1. The predicted octanol–water partition coefficient (Wildman–Crippen LogP) is 4.14. The average Bonchev–Trinajstić information content (AvgIpc) is 3.87. The second-order valence-electron chi connectivity index (χ2n) is 19.4. The van der Waals surface area contributed by atoms with E-state index in [1.807, 2.05) is 32.2 Å². The first-order valence-corrected chi connectivity index (χ1v) is 25.0. The molecule has 3 aliphatic heterocycles. The van der Waals surface area contributed by atoms with E-state index in [9.17, 15) is 24.0 Å². The van der Waals surface area contributed by atoms with Crippen molar-refractivity contribution < 1.29 is 33.4 Å². The molecule has 358 valence electrons. The van der Waals surface area contributed by atoms with Crippen LogP contribution in [-0.2, 0) is 48.0 Å². The van der Waals surface area contributed by atoms with Crippen LogP contribution >= 0.6 is 11.3 Å². The fourth-order valence-electron chi connectivity index (χ4n) is 9.57. The van der Waals surface area contributed by atoms with E-state index in [-0.39, 0.29) is 43.0 Å². The molecule has 0 spiro atoms. The number of nitrogens with one attached hydrogen (secondary N) is 2. The second-order valence-corrected chi connectivity index (χ2v) is 22.0. The zero-order valence-electron chi connectivity index (χ0n) is 40.7. The first-order chi connectivity index (χ1) is 31.8. The van der Waals surface area contributed by atoms with Crippen molar-refractivity contribution in [3.05, 3.63) is 58.2 Å². The van der Waals surface area contributed by atoms with Crippen LogP contribution in [-0.4, -0.2) is 145 Å². The molecule has 5 amide bonds. The van der Waals surface area contributed by atoms with Crippen molar-refractivity contribution in [1.82, 2.24) is 45.0 Å². The Morgan fingerprint density at radius 2 is 1.90 bits per heavy atom. The van der Waals surface area contributed by atoms with Gasteiger partial charge in [-0.15, -0.1) is 11.3 Å². The van der Waals surface area contributed by atoms with Crippen molar-refractivity contribution in [2.75, 3.05) is 47.4 Å². The number of likely N-dealkylation sites (N-methyl/N-ethyl adjacent to an activating group) is 2. The summed E-state index contributed by atoms with van der Waals surface area (Å²) in [5.41, 5.74) is 9.39. The number of cyclic esters (lactones) is 1. The summed E-state index contributed by atoms with van der Waals surface area (Å²) in [7, 11) is 5.27. The maximum atomic E-state index is 14.8. The van der Waals surface area contributed by atoms with Crippen LogP contribution in [0.25, 0.3) is 33.4 Å². The zero-order chi connectivity index (χ0) is 48.5. The van der Waals surface area contributed by atoms with Gasteiger partial charge >= 0.3 is 12.0 Å². The number of pyridine rings is 1. The number of thiazole rings is 1. The number of aryl methyl sites for hydroxylation is 1. The third kappa shape index (κ3) is 10.0. The zero-order valence-corrected chi connectivity index (χ0v) is 43.5. The van der Waals surface area contributed by atoms with E-state index < -0.39 is 40.4 Å². The van der Waals surface area contributed by atoms with Crippen molar-refractivity contribution >= 4 is 62.2 Å². The Bertz CT molecular complexity index is 2610. The van der Waals surface area contributed by atoms with Gasteiger partial charge < -0.3 is 34.1 Å². The van der Waals surface area contributed by atoms with E-state index in [1.165, 1.54) is 21.2 Å². The summed E-state index contributed by atoms with van der Waals surface area (Å²) in [4.78, 5) is 84.2. The molecule has 0 unspecified atom stereocenters. The molecular weight excluding hydrogens is 887 g/mol. The summed E-state index contributed by atoms with van der Waals surface area (Å²) in [5, 5.41) is 7.05. The standard InChI is InChI=1S/C49H65N9O7SSi/c1-11-15-40(59)56-25-32(26-56)54(8)47(63)55(9)42(29(3)4)44(60)52-36-23-39-51-37(27-66-39)31-17-18-38-34(22-31)35(43(57(38)12-2)33-16-13-20-50-41(33)30(5)64-10)24-48(6,7)28-65-46(62)49(67)19-14-21-58(53-49)45(36)61/h13,16-18,20,22,27,29-30,32,36,42,53H,12,14,19,21,23-26,28H2,1-10,67H3,(H,52,60)/t30-,36-,42-,49-/m0/s1. The van der Waals surface area contributed by atoms with Gasteiger partial charge in [0, 0.05) is 103 Å². The lowest BCUT2D eigenvalue weighted by atomic mass is 9.84. The number of amides is 5. The largest absolute Gasteiger partial charge is 0.464 e. The number of urea groups is 1. The number of methoxy groups -OCH3 is 1. The van der Waals surface area contributed by atoms with Crippen LogP contribution in [0.3, 0.4) is 0 Å². The third-order valence-corrected chi connectivity index (χ3v) is 15.4. The quantitative estimate of drug-likeness (QED) is 0.141. The van der Waals surface area contributed by atoms with Gasteiger partial charge in [-0.3, -0.25) is 29.2 Å². The van der Waals surface area contributed by atoms with Gasteiger partial charge in [-0.1, -0.05) is 39.7 Å². The predicted molar refractivity (Wildman–Crippen MR) is 262 cm³/mol. The SMILES string of the molecule is CC#CC(=O)N1CC(N(C)C(=O)N(C)[C@H](C(=O)N[C@H]2Cc3nc(cs3)-c3ccc4c(c3)c(c(-c3cccnc3[C@H](C)OC)n4CC)CC(C)(C)COC(=O)[C@@]3([SiH3])CCCN(N3)C2=O)C(C)C)C1. The Morgan fingerprint density at radius 1 is 1.15 bits per heavy atom. The number of hydrazine groups is 1. The Hall–Kier alpha value is -5.61. The van der Waals surface area contributed by atoms with Crippen LogP contribution < -0.4 is 10.7 Å². The third-order valence-electron chi connectivity index (χ3n) is 13.4. The topological polar surface area (TPSA) is 172 Å². The highest BCUT2D eigenvalue weighted by molar-refractivity contribution is 7.10. The molecule has 0 saturated carbocycles. The summed E-state index contributed by atoms with van der Waals surface area (Å²) in [6, 6.07) is 7.74. The molecule has 2 saturated heterocycles. The van der Waals surface area contributed by atoms with E-state index in [0.29, 0.717) is 60.7 Å². The molecule has 2 fully saturated rings. The van der Waals surface area contributed by atoms with Crippen LogP contribution in [0.15, 0.2) is 41.9 Å². The molecule has 3 aromatic heterocycles. The number of carbonyl (C=O) groups is 5. The lowest BCUT2D eigenvalue weighted by molar-refractivity contribution is -0.158. The molecule has 4 atom stereocenters. The van der Waals surface area contributed by atoms with E-state index in [0.717, 1.165) is 44.7 Å². The van der Waals surface area contributed by atoms with Crippen LogP contribution in [0, 0.1) is 23.2 Å². The number of ether oxygens (including phenoxy) is 2. The number of carbonyl (C=O) groups excluding carboxylic acids is 5. The van der Waals surface area contributed by atoms with Crippen LogP contribution in [0.4, 0.5) is 4.79 Å². The molecule has 7 rings (SSSR count). The van der Waals surface area contributed by atoms with Crippen LogP contribution in [0.5, 0.6) is 0 Å². The molecule has 6 heterocycles. The molecule has 2 N–H and O–H groups in total. The lowest BCUT2D eigenvalue weighted by Crippen LogP contribution is -2.68. The van der Waals surface area contributed by atoms with Gasteiger partial charge in [0.25, 0.3) is 11.8 Å². The maximum Gasteiger partial charge on any atom is 0.323 e. The first-order valence-electron chi connectivity index (χ1n) is 23.2. The van der Waals surface area contributed by atoms with Crippen molar-refractivity contribution in [1.29, 1.82) is 0 Å². The Kier molecular flexibility index (Phi) is 14.7. The minimum absolute atomic E-state index is 0.0699. The minimum atomic E-state index is -1.10.